The Hall–Kier alpha value is -3.31. The van der Waals surface area contributed by atoms with Gasteiger partial charge in [-0.3, -0.25) is 5.43 Å². The number of halogens is 1. The van der Waals surface area contributed by atoms with Gasteiger partial charge in [0.25, 0.3) is 0 Å². The van der Waals surface area contributed by atoms with Gasteiger partial charge in [-0.25, -0.2) is 4.79 Å². The number of nitrogens with one attached hydrogen (secondary N) is 1. The smallest absolute Gasteiger partial charge is 0.337 e. The Bertz CT molecular complexity index is 954. The number of hydrogen-bond acceptors (Lipinski definition) is 5. The van der Waals surface area contributed by atoms with E-state index in [0.29, 0.717) is 22.9 Å². The number of nitrogens with zero attached hydrogens (tertiary/aromatic N) is 1. The average molecular weight is 395 g/mol. The highest BCUT2D eigenvalue weighted by atomic mass is 35.5. The molecule has 0 heterocycles. The minimum atomic E-state index is -0.359. The number of hydrogen-bond donors (Lipinski definition) is 1. The SMILES string of the molecule is COC(=O)c1ccc(COc2ccccc2/C=N\Nc2ccc(Cl)cc2)cc1. The van der Waals surface area contributed by atoms with Gasteiger partial charge in [-0.15, -0.1) is 0 Å². The third-order valence-electron chi connectivity index (χ3n) is 3.93. The van der Waals surface area contributed by atoms with Crippen molar-refractivity contribution in [1.82, 2.24) is 0 Å². The summed E-state index contributed by atoms with van der Waals surface area (Å²) in [4.78, 5) is 11.5. The molecule has 0 aliphatic heterocycles. The number of benzene rings is 3. The van der Waals surface area contributed by atoms with Gasteiger partial charge in [-0.05, 0) is 54.1 Å². The van der Waals surface area contributed by atoms with Crippen LogP contribution in [0.3, 0.4) is 0 Å². The van der Waals surface area contributed by atoms with Gasteiger partial charge in [0.05, 0.1) is 24.6 Å². The van der Waals surface area contributed by atoms with Crippen molar-refractivity contribution < 1.29 is 14.3 Å². The van der Waals surface area contributed by atoms with Crippen molar-refractivity contribution in [2.75, 3.05) is 12.5 Å². The lowest BCUT2D eigenvalue weighted by Crippen LogP contribution is -2.02. The van der Waals surface area contributed by atoms with Gasteiger partial charge in [-0.1, -0.05) is 35.9 Å². The molecule has 3 aromatic rings. The van der Waals surface area contributed by atoms with Crippen molar-refractivity contribution in [1.29, 1.82) is 0 Å². The highest BCUT2D eigenvalue weighted by Gasteiger charge is 2.05. The van der Waals surface area contributed by atoms with Gasteiger partial charge in [0.1, 0.15) is 12.4 Å². The molecule has 0 bridgehead atoms. The van der Waals surface area contributed by atoms with E-state index in [4.69, 9.17) is 21.1 Å². The molecule has 0 fully saturated rings. The molecule has 5 nitrogen and oxygen atoms in total. The summed E-state index contributed by atoms with van der Waals surface area (Å²) < 4.78 is 10.6. The van der Waals surface area contributed by atoms with Crippen LogP contribution in [0.2, 0.25) is 5.02 Å². The van der Waals surface area contributed by atoms with E-state index in [9.17, 15) is 4.79 Å². The first-order valence-corrected chi connectivity index (χ1v) is 8.97. The fraction of sp³-hybridized carbons (Fsp3) is 0.0909. The Balaban J connectivity index is 1.62. The van der Waals surface area contributed by atoms with Crippen LogP contribution in [-0.4, -0.2) is 19.3 Å². The summed E-state index contributed by atoms with van der Waals surface area (Å²) in [6.07, 6.45) is 1.70. The fourth-order valence-corrected chi connectivity index (χ4v) is 2.56. The zero-order valence-electron chi connectivity index (χ0n) is 15.3. The van der Waals surface area contributed by atoms with Crippen LogP contribution in [0.4, 0.5) is 5.69 Å². The third kappa shape index (κ3) is 5.34. The van der Waals surface area contributed by atoms with Crippen LogP contribution < -0.4 is 10.2 Å². The van der Waals surface area contributed by atoms with Crippen molar-refractivity contribution in [3.8, 4) is 5.75 Å². The molecule has 0 atom stereocenters. The first kappa shape index (κ1) is 19.5. The van der Waals surface area contributed by atoms with Crippen molar-refractivity contribution in [2.24, 2.45) is 5.10 Å². The zero-order valence-corrected chi connectivity index (χ0v) is 16.0. The predicted molar refractivity (Wildman–Crippen MR) is 111 cm³/mol. The summed E-state index contributed by atoms with van der Waals surface area (Å²) in [6.45, 7) is 0.372. The summed E-state index contributed by atoms with van der Waals surface area (Å²) in [6, 6.07) is 22.0. The van der Waals surface area contributed by atoms with Crippen molar-refractivity contribution in [3.63, 3.8) is 0 Å². The molecule has 0 aromatic heterocycles. The zero-order chi connectivity index (χ0) is 19.8. The number of esters is 1. The lowest BCUT2D eigenvalue weighted by Gasteiger charge is -2.09. The molecular formula is C22H19ClN2O3. The largest absolute Gasteiger partial charge is 0.488 e. The van der Waals surface area contributed by atoms with E-state index >= 15 is 0 Å². The quantitative estimate of drug-likeness (QED) is 0.342. The molecule has 3 rings (SSSR count). The molecule has 0 unspecified atom stereocenters. The maximum atomic E-state index is 11.5. The topological polar surface area (TPSA) is 59.9 Å². The molecule has 0 aliphatic rings. The predicted octanol–water partition coefficient (Wildman–Crippen LogP) is 5.15. The van der Waals surface area contributed by atoms with E-state index in [-0.39, 0.29) is 5.97 Å². The molecule has 142 valence electrons. The van der Waals surface area contributed by atoms with Crippen LogP contribution in [0.5, 0.6) is 5.75 Å². The first-order chi connectivity index (χ1) is 13.7. The van der Waals surface area contributed by atoms with Crippen LogP contribution >= 0.6 is 11.6 Å². The molecule has 28 heavy (non-hydrogen) atoms. The number of carbonyl (C=O) groups excluding carboxylic acids is 1. The third-order valence-corrected chi connectivity index (χ3v) is 4.18. The molecule has 0 saturated heterocycles. The van der Waals surface area contributed by atoms with E-state index in [1.165, 1.54) is 7.11 Å². The van der Waals surface area contributed by atoms with E-state index in [2.05, 4.69) is 10.5 Å². The molecule has 0 saturated carbocycles. The minimum Gasteiger partial charge on any atom is -0.488 e. The number of para-hydroxylation sites is 1. The minimum absolute atomic E-state index is 0.359. The van der Waals surface area contributed by atoms with Gasteiger partial charge in [0, 0.05) is 10.6 Å². The Morgan fingerprint density at radius 3 is 2.46 bits per heavy atom. The molecule has 6 heteroatoms. The van der Waals surface area contributed by atoms with Gasteiger partial charge in [-0.2, -0.15) is 5.10 Å². The second-order valence-electron chi connectivity index (χ2n) is 5.89. The first-order valence-electron chi connectivity index (χ1n) is 8.59. The lowest BCUT2D eigenvalue weighted by atomic mass is 10.1. The molecule has 0 aliphatic carbocycles. The fourth-order valence-electron chi connectivity index (χ4n) is 2.44. The highest BCUT2D eigenvalue weighted by molar-refractivity contribution is 6.30. The van der Waals surface area contributed by atoms with Gasteiger partial charge >= 0.3 is 5.97 Å². The average Bonchev–Trinajstić information content (AvgIpc) is 2.74. The summed E-state index contributed by atoms with van der Waals surface area (Å²) in [7, 11) is 1.36. The maximum absolute atomic E-state index is 11.5. The Morgan fingerprint density at radius 1 is 1.04 bits per heavy atom. The molecule has 0 amide bonds. The lowest BCUT2D eigenvalue weighted by molar-refractivity contribution is 0.0600. The van der Waals surface area contributed by atoms with Gasteiger partial charge in [0.2, 0.25) is 0 Å². The standard InChI is InChI=1S/C22H19ClN2O3/c1-27-22(26)17-8-6-16(7-9-17)15-28-21-5-3-2-4-18(21)14-24-25-20-12-10-19(23)11-13-20/h2-14,25H,15H2,1H3/b24-14-. The number of ether oxygens (including phenoxy) is 2. The van der Waals surface area contributed by atoms with Crippen LogP contribution in [-0.2, 0) is 11.3 Å². The van der Waals surface area contributed by atoms with Crippen LogP contribution in [0, 0.1) is 0 Å². The van der Waals surface area contributed by atoms with Crippen molar-refractivity contribution in [2.45, 2.75) is 6.61 Å². The van der Waals surface area contributed by atoms with E-state index in [0.717, 1.165) is 16.8 Å². The van der Waals surface area contributed by atoms with Crippen molar-refractivity contribution in [3.05, 3.63) is 94.5 Å². The number of carbonyl (C=O) groups is 1. The molecule has 0 radical (unpaired) electrons. The normalized spacial score (nSPS) is 10.6. The summed E-state index contributed by atoms with van der Waals surface area (Å²) in [5.74, 6) is 0.350. The van der Waals surface area contributed by atoms with Crippen LogP contribution in [0.15, 0.2) is 77.9 Å². The molecule has 0 spiro atoms. The highest BCUT2D eigenvalue weighted by Crippen LogP contribution is 2.19. The number of rotatable bonds is 7. The van der Waals surface area contributed by atoms with E-state index in [1.807, 2.05) is 48.5 Å². The summed E-state index contributed by atoms with van der Waals surface area (Å²) in [5, 5.41) is 4.92. The molecule has 1 N–H and O–H groups in total. The maximum Gasteiger partial charge on any atom is 0.337 e. The number of methoxy groups -OCH3 is 1. The van der Waals surface area contributed by atoms with Gasteiger partial charge < -0.3 is 9.47 Å². The Morgan fingerprint density at radius 2 is 1.75 bits per heavy atom. The monoisotopic (exact) mass is 394 g/mol. The van der Waals surface area contributed by atoms with E-state index < -0.39 is 0 Å². The van der Waals surface area contributed by atoms with Crippen molar-refractivity contribution >= 4 is 29.5 Å². The molecular weight excluding hydrogens is 376 g/mol. The number of hydrazone groups is 1. The molecule has 3 aromatic carbocycles. The second kappa shape index (κ2) is 9.58. The number of anilines is 1. The van der Waals surface area contributed by atoms with Crippen LogP contribution in [0.25, 0.3) is 0 Å². The Kier molecular flexibility index (Phi) is 6.65. The van der Waals surface area contributed by atoms with Crippen LogP contribution in [0.1, 0.15) is 21.5 Å². The van der Waals surface area contributed by atoms with Gasteiger partial charge in [0.15, 0.2) is 0 Å². The Labute approximate surface area is 168 Å². The second-order valence-corrected chi connectivity index (χ2v) is 6.33. The summed E-state index contributed by atoms with van der Waals surface area (Å²) in [5.41, 5.74) is 6.09. The summed E-state index contributed by atoms with van der Waals surface area (Å²) >= 11 is 5.87. The van der Waals surface area contributed by atoms with E-state index in [1.54, 1.807) is 30.5 Å².